The summed E-state index contributed by atoms with van der Waals surface area (Å²) in [5.41, 5.74) is 0.210. The van der Waals surface area contributed by atoms with Crippen molar-refractivity contribution >= 4 is 12.1 Å². The lowest BCUT2D eigenvalue weighted by atomic mass is 10.0. The van der Waals surface area contributed by atoms with Crippen LogP contribution in [-0.4, -0.2) is 24.8 Å². The Morgan fingerprint density at radius 2 is 2.25 bits per heavy atom. The number of rotatable bonds is 2. The fourth-order valence-electron chi connectivity index (χ4n) is 2.34. The molecule has 1 heterocycles. The molecule has 0 aromatic rings. The van der Waals surface area contributed by atoms with Gasteiger partial charge in [0.25, 0.3) is 0 Å². The number of hydrogen-bond donors (Lipinski definition) is 0. The van der Waals surface area contributed by atoms with E-state index in [0.29, 0.717) is 18.8 Å². The summed E-state index contributed by atoms with van der Waals surface area (Å²) in [6.45, 7) is 4.88. The van der Waals surface area contributed by atoms with Crippen molar-refractivity contribution in [1.29, 1.82) is 0 Å². The van der Waals surface area contributed by atoms with Crippen LogP contribution in [0.5, 0.6) is 0 Å². The van der Waals surface area contributed by atoms with E-state index in [9.17, 15) is 9.59 Å². The molecule has 2 aliphatic rings. The highest BCUT2D eigenvalue weighted by molar-refractivity contribution is 6.27. The summed E-state index contributed by atoms with van der Waals surface area (Å²) >= 11 is 0. The number of ether oxygens (including phenoxy) is 1. The summed E-state index contributed by atoms with van der Waals surface area (Å²) in [7, 11) is 0. The lowest BCUT2D eigenvalue weighted by molar-refractivity contribution is -0.137. The van der Waals surface area contributed by atoms with Crippen LogP contribution in [0.2, 0.25) is 0 Å². The van der Waals surface area contributed by atoms with Gasteiger partial charge in [-0.15, -0.1) is 0 Å². The molecule has 0 spiro atoms. The van der Waals surface area contributed by atoms with E-state index in [2.05, 4.69) is 13.8 Å². The molecule has 1 saturated heterocycles. The van der Waals surface area contributed by atoms with E-state index in [-0.39, 0.29) is 11.3 Å². The van der Waals surface area contributed by atoms with Gasteiger partial charge >= 0.3 is 0 Å². The summed E-state index contributed by atoms with van der Waals surface area (Å²) < 4.78 is 5.22. The second-order valence-electron chi connectivity index (χ2n) is 4.23. The Hall–Kier alpha value is -0.700. The Morgan fingerprint density at radius 3 is 2.67 bits per heavy atom. The van der Waals surface area contributed by atoms with Crippen molar-refractivity contribution in [3.8, 4) is 0 Å². The van der Waals surface area contributed by atoms with Crippen molar-refractivity contribution in [3.05, 3.63) is 0 Å². The number of fused-ring (bicyclic) bond motifs is 1. The zero-order valence-electron chi connectivity index (χ0n) is 7.24. The minimum Gasteiger partial charge on any atom is -0.369 e. The summed E-state index contributed by atoms with van der Waals surface area (Å²) in [4.78, 5) is 21.3. The first-order valence-corrected chi connectivity index (χ1v) is 4.19. The molecular weight excluding hydrogens is 156 g/mol. The number of aldehydes is 1. The molecule has 3 nitrogen and oxygen atoms in total. The molecule has 12 heavy (non-hydrogen) atoms. The van der Waals surface area contributed by atoms with Gasteiger partial charge in [0.1, 0.15) is 6.10 Å². The highest BCUT2D eigenvalue weighted by atomic mass is 16.5. The fourth-order valence-corrected chi connectivity index (χ4v) is 2.34. The Morgan fingerprint density at radius 1 is 1.58 bits per heavy atom. The van der Waals surface area contributed by atoms with Gasteiger partial charge < -0.3 is 4.74 Å². The molecule has 3 heteroatoms. The third-order valence-corrected chi connectivity index (χ3v) is 3.32. The molecule has 3 unspecified atom stereocenters. The standard InChI is InChI=1S/C9H12O3/c1-9(2)5-4-12-8(7(5)9)6(11)3-10/h3,5,7-8H,4H2,1-2H3. The minimum absolute atomic E-state index is 0.210. The number of ketones is 1. The Kier molecular flexibility index (Phi) is 1.43. The number of carbonyl (C=O) groups is 2. The van der Waals surface area contributed by atoms with Gasteiger partial charge in [0.15, 0.2) is 6.29 Å². The largest absolute Gasteiger partial charge is 0.369 e. The van der Waals surface area contributed by atoms with E-state index >= 15 is 0 Å². The quantitative estimate of drug-likeness (QED) is 0.443. The Labute approximate surface area is 71.1 Å². The monoisotopic (exact) mass is 168 g/mol. The smallest absolute Gasteiger partial charge is 0.224 e. The molecule has 3 atom stereocenters. The highest BCUT2D eigenvalue weighted by Crippen LogP contribution is 2.64. The van der Waals surface area contributed by atoms with Gasteiger partial charge in [0, 0.05) is 5.92 Å². The second kappa shape index (κ2) is 2.16. The van der Waals surface area contributed by atoms with Crippen LogP contribution in [0.4, 0.5) is 0 Å². The number of carbonyl (C=O) groups excluding carboxylic acids is 2. The fraction of sp³-hybridized carbons (Fsp3) is 0.778. The van der Waals surface area contributed by atoms with Gasteiger partial charge in [-0.3, -0.25) is 9.59 Å². The molecule has 1 aliphatic carbocycles. The summed E-state index contributed by atoms with van der Waals surface area (Å²) in [5.74, 6) is 0.384. The first-order valence-electron chi connectivity index (χ1n) is 4.19. The van der Waals surface area contributed by atoms with Crippen LogP contribution >= 0.6 is 0 Å². The Balaban J connectivity index is 2.12. The molecular formula is C9H12O3. The third kappa shape index (κ3) is 0.800. The summed E-state index contributed by atoms with van der Waals surface area (Å²) in [6, 6.07) is 0. The SMILES string of the molecule is CC1(C)C2COC(C(=O)C=O)C21. The molecule has 2 rings (SSSR count). The van der Waals surface area contributed by atoms with Gasteiger partial charge in [-0.2, -0.15) is 0 Å². The van der Waals surface area contributed by atoms with E-state index in [4.69, 9.17) is 4.74 Å². The minimum atomic E-state index is -0.442. The van der Waals surface area contributed by atoms with E-state index in [1.807, 2.05) is 0 Å². The molecule has 0 aromatic heterocycles. The van der Waals surface area contributed by atoms with Crippen LogP contribution in [0.15, 0.2) is 0 Å². The summed E-state index contributed by atoms with van der Waals surface area (Å²) in [6.07, 6.45) is -0.0657. The topological polar surface area (TPSA) is 43.4 Å². The predicted octanol–water partition coefficient (Wildman–Crippen LogP) is 0.425. The maximum Gasteiger partial charge on any atom is 0.224 e. The normalized spacial score (nSPS) is 42.0. The van der Waals surface area contributed by atoms with E-state index in [1.54, 1.807) is 0 Å². The van der Waals surface area contributed by atoms with E-state index in [1.165, 1.54) is 0 Å². The van der Waals surface area contributed by atoms with Crippen LogP contribution in [-0.2, 0) is 14.3 Å². The zero-order valence-corrected chi connectivity index (χ0v) is 7.24. The van der Waals surface area contributed by atoms with Gasteiger partial charge in [-0.05, 0) is 11.3 Å². The first-order chi connectivity index (χ1) is 5.59. The van der Waals surface area contributed by atoms with Crippen molar-refractivity contribution in [2.75, 3.05) is 6.61 Å². The van der Waals surface area contributed by atoms with Gasteiger partial charge in [0.05, 0.1) is 6.61 Å². The van der Waals surface area contributed by atoms with Crippen LogP contribution < -0.4 is 0 Å². The molecule has 66 valence electrons. The van der Waals surface area contributed by atoms with Crippen molar-refractivity contribution in [1.82, 2.24) is 0 Å². The van der Waals surface area contributed by atoms with Crippen molar-refractivity contribution in [2.24, 2.45) is 17.3 Å². The molecule has 1 saturated carbocycles. The van der Waals surface area contributed by atoms with E-state index < -0.39 is 11.9 Å². The molecule has 0 aromatic carbocycles. The number of Topliss-reactive ketones (excluding diaryl/α,β-unsaturated/α-hetero) is 1. The third-order valence-electron chi connectivity index (χ3n) is 3.32. The van der Waals surface area contributed by atoms with E-state index in [0.717, 1.165) is 0 Å². The Bertz CT molecular complexity index is 244. The maximum atomic E-state index is 11.0. The summed E-state index contributed by atoms with van der Waals surface area (Å²) in [5, 5.41) is 0. The molecule has 0 amide bonds. The van der Waals surface area contributed by atoms with Crippen molar-refractivity contribution in [3.63, 3.8) is 0 Å². The van der Waals surface area contributed by atoms with Crippen LogP contribution in [0.25, 0.3) is 0 Å². The first kappa shape index (κ1) is 7.92. The lowest BCUT2D eigenvalue weighted by Crippen LogP contribution is -2.27. The average molecular weight is 168 g/mol. The van der Waals surface area contributed by atoms with Crippen LogP contribution in [0.3, 0.4) is 0 Å². The second-order valence-corrected chi connectivity index (χ2v) is 4.23. The molecule has 0 N–H and O–H groups in total. The lowest BCUT2D eigenvalue weighted by Gasteiger charge is -2.14. The van der Waals surface area contributed by atoms with Crippen molar-refractivity contribution in [2.45, 2.75) is 20.0 Å². The van der Waals surface area contributed by atoms with Crippen LogP contribution in [0, 0.1) is 17.3 Å². The number of hydrogen-bond acceptors (Lipinski definition) is 3. The molecule has 0 bridgehead atoms. The highest BCUT2D eigenvalue weighted by Gasteiger charge is 2.66. The maximum absolute atomic E-state index is 11.0. The van der Waals surface area contributed by atoms with Crippen molar-refractivity contribution < 1.29 is 14.3 Å². The average Bonchev–Trinajstić information content (AvgIpc) is 2.52. The molecule has 1 aliphatic heterocycles. The van der Waals surface area contributed by atoms with Gasteiger partial charge in [-0.1, -0.05) is 13.8 Å². The van der Waals surface area contributed by atoms with Crippen LogP contribution in [0.1, 0.15) is 13.8 Å². The predicted molar refractivity (Wildman–Crippen MR) is 41.6 cm³/mol. The molecule has 2 fully saturated rings. The molecule has 0 radical (unpaired) electrons. The van der Waals surface area contributed by atoms with Gasteiger partial charge in [-0.25, -0.2) is 0 Å². The van der Waals surface area contributed by atoms with Gasteiger partial charge in [0.2, 0.25) is 5.78 Å². The zero-order chi connectivity index (χ0) is 8.93.